The average Bonchev–Trinajstić information content (AvgIpc) is 4.02. The Bertz CT molecular complexity index is 2820. The van der Waals surface area contributed by atoms with Gasteiger partial charge in [0.25, 0.3) is 0 Å². The summed E-state index contributed by atoms with van der Waals surface area (Å²) in [6.45, 7) is 3.38. The van der Waals surface area contributed by atoms with Crippen LogP contribution in [0.5, 0.6) is 0 Å². The van der Waals surface area contributed by atoms with E-state index in [1.165, 1.54) is 58.6 Å². The SMILES string of the molecule is C(#Cc1ccccc1)CCCC#Cc1ccccc1.C=Nc1ccccc1.c1ccc(-c2c3c(c(-c4ccccc4)n2-c2ccccc2)CCC3)cc1.c1ccc(N=Nc2ccccc2)cc1. The second-order valence-electron chi connectivity index (χ2n) is 15.5. The highest BCUT2D eigenvalue weighted by Gasteiger charge is 2.28. The van der Waals surface area contributed by atoms with Gasteiger partial charge in [-0.15, -0.1) is 0 Å². The fourth-order valence-corrected chi connectivity index (χ4v) is 7.56. The normalized spacial score (nSPS) is 10.7. The number of azo groups is 1. The molecule has 0 atom stereocenters. The monoisotopic (exact) mass is 866 g/mol. The van der Waals surface area contributed by atoms with Gasteiger partial charge in [0.15, 0.2) is 0 Å². The molecule has 1 aromatic heterocycles. The molecular formula is C63H54N4. The number of aliphatic imine (C=N–C) groups is 1. The zero-order chi connectivity index (χ0) is 46.0. The second kappa shape index (κ2) is 26.3. The van der Waals surface area contributed by atoms with Crippen LogP contribution in [0.1, 0.15) is 47.9 Å². The number of aromatic nitrogens is 1. The van der Waals surface area contributed by atoms with E-state index in [1.54, 1.807) is 0 Å². The molecule has 0 fully saturated rings. The molecule has 0 bridgehead atoms. The fraction of sp³-hybridized carbons (Fsp3) is 0.0952. The van der Waals surface area contributed by atoms with Crippen LogP contribution in [-0.2, 0) is 12.8 Å². The predicted octanol–water partition coefficient (Wildman–Crippen LogP) is 16.7. The summed E-state index contributed by atoms with van der Waals surface area (Å²) in [6, 6.07) is 81.7. The van der Waals surface area contributed by atoms with Gasteiger partial charge in [0.1, 0.15) is 0 Å². The van der Waals surface area contributed by atoms with Crippen molar-refractivity contribution in [2.45, 2.75) is 38.5 Å². The Morgan fingerprint density at radius 1 is 0.388 bits per heavy atom. The summed E-state index contributed by atoms with van der Waals surface area (Å²) < 4.78 is 2.48. The molecule has 0 unspecified atom stereocenters. The van der Waals surface area contributed by atoms with Gasteiger partial charge in [-0.1, -0.05) is 194 Å². The smallest absolute Gasteiger partial charge is 0.0857 e. The highest BCUT2D eigenvalue weighted by Crippen LogP contribution is 2.43. The molecule has 326 valence electrons. The summed E-state index contributed by atoms with van der Waals surface area (Å²) in [6.07, 6.45) is 6.41. The van der Waals surface area contributed by atoms with Gasteiger partial charge < -0.3 is 4.57 Å². The van der Waals surface area contributed by atoms with Crippen LogP contribution < -0.4 is 0 Å². The number of rotatable bonds is 8. The molecule has 1 heterocycles. The maximum atomic E-state index is 4.10. The van der Waals surface area contributed by atoms with Crippen molar-refractivity contribution in [1.29, 1.82) is 0 Å². The van der Waals surface area contributed by atoms with Gasteiger partial charge in [-0.2, -0.15) is 10.2 Å². The van der Waals surface area contributed by atoms with Gasteiger partial charge in [0.2, 0.25) is 0 Å². The highest BCUT2D eigenvalue weighted by molar-refractivity contribution is 5.81. The Kier molecular flexibility index (Phi) is 18.2. The van der Waals surface area contributed by atoms with Crippen molar-refractivity contribution in [3.05, 3.63) is 265 Å². The number of hydrogen-bond acceptors (Lipinski definition) is 3. The standard InChI is InChI=1S/C25H21N.C19H16.C12H10N2.C7H7N/c1-4-11-19(12-5-1)24-22-17-10-18-23(22)25(20-13-6-2-7-14-20)26(24)21-15-8-3-9-16-21;1(2-6-12-18-14-8-4-9-15-18)3-7-13-19-16-10-5-11-17-19;1-3-7-11(8-4-1)13-14-12-9-5-2-6-10-12;1-8-7-5-3-2-4-6-7/h1-9,11-16H,10,17-18H2;4-5,8-11,14-17H,1-3H2;1-10H;2-6H,1H2. The third-order valence-electron chi connectivity index (χ3n) is 10.7. The lowest BCUT2D eigenvalue weighted by Gasteiger charge is -2.16. The summed E-state index contributed by atoms with van der Waals surface area (Å²) in [5.41, 5.74) is 14.5. The molecule has 0 aliphatic heterocycles. The summed E-state index contributed by atoms with van der Waals surface area (Å²) in [4.78, 5) is 3.72. The number of nitrogens with zero attached hydrogens (tertiary/aromatic N) is 4. The molecule has 0 saturated heterocycles. The van der Waals surface area contributed by atoms with Crippen molar-refractivity contribution in [3.63, 3.8) is 0 Å². The fourth-order valence-electron chi connectivity index (χ4n) is 7.56. The van der Waals surface area contributed by atoms with Gasteiger partial charge >= 0.3 is 0 Å². The summed E-state index contributed by atoms with van der Waals surface area (Å²) in [7, 11) is 0. The second-order valence-corrected chi connectivity index (χ2v) is 15.5. The van der Waals surface area contributed by atoms with Gasteiger partial charge in [0, 0.05) is 29.7 Å². The Morgan fingerprint density at radius 2 is 0.716 bits per heavy atom. The topological polar surface area (TPSA) is 42.0 Å². The number of unbranched alkanes of at least 4 members (excludes halogenated alkanes) is 2. The first-order valence-corrected chi connectivity index (χ1v) is 22.8. The maximum absolute atomic E-state index is 4.10. The van der Waals surface area contributed by atoms with Crippen LogP contribution in [0.3, 0.4) is 0 Å². The predicted molar refractivity (Wildman–Crippen MR) is 282 cm³/mol. The van der Waals surface area contributed by atoms with Crippen LogP contribution in [0.2, 0.25) is 0 Å². The first kappa shape index (κ1) is 46.4. The molecule has 0 saturated carbocycles. The quantitative estimate of drug-likeness (QED) is 0.0632. The van der Waals surface area contributed by atoms with Crippen molar-refractivity contribution in [3.8, 4) is 51.9 Å². The zero-order valence-electron chi connectivity index (χ0n) is 37.8. The third kappa shape index (κ3) is 14.5. The van der Waals surface area contributed by atoms with E-state index in [1.807, 2.05) is 152 Å². The van der Waals surface area contributed by atoms with E-state index in [9.17, 15) is 0 Å². The van der Waals surface area contributed by atoms with E-state index in [0.717, 1.165) is 47.5 Å². The van der Waals surface area contributed by atoms with Crippen LogP contribution in [0.4, 0.5) is 17.1 Å². The molecule has 8 aromatic carbocycles. The summed E-state index contributed by atoms with van der Waals surface area (Å²) >= 11 is 0. The minimum atomic E-state index is 0.872. The molecular weight excluding hydrogens is 813 g/mol. The van der Waals surface area contributed by atoms with Crippen molar-refractivity contribution < 1.29 is 0 Å². The minimum Gasteiger partial charge on any atom is -0.309 e. The van der Waals surface area contributed by atoms with E-state index in [0.29, 0.717) is 0 Å². The van der Waals surface area contributed by atoms with Gasteiger partial charge in [-0.25, -0.2) is 0 Å². The molecule has 0 amide bonds. The van der Waals surface area contributed by atoms with Crippen molar-refractivity contribution in [2.75, 3.05) is 0 Å². The molecule has 9 aromatic rings. The Balaban J connectivity index is 0.000000143. The lowest BCUT2D eigenvalue weighted by atomic mass is 10.0. The Hall–Kier alpha value is -8.57. The first-order chi connectivity index (χ1) is 33.3. The van der Waals surface area contributed by atoms with Crippen LogP contribution >= 0.6 is 0 Å². The number of benzene rings is 8. The maximum Gasteiger partial charge on any atom is 0.0857 e. The van der Waals surface area contributed by atoms with Crippen molar-refractivity contribution >= 4 is 23.8 Å². The molecule has 1 aliphatic carbocycles. The zero-order valence-corrected chi connectivity index (χ0v) is 37.8. The van der Waals surface area contributed by atoms with Crippen molar-refractivity contribution in [2.24, 2.45) is 15.2 Å². The lowest BCUT2D eigenvalue weighted by Crippen LogP contribution is -2.01. The first-order valence-electron chi connectivity index (χ1n) is 22.8. The van der Waals surface area contributed by atoms with E-state index in [2.05, 4.69) is 141 Å². The molecule has 10 rings (SSSR count). The van der Waals surface area contributed by atoms with E-state index < -0.39 is 0 Å². The molecule has 4 heteroatoms. The van der Waals surface area contributed by atoms with E-state index >= 15 is 0 Å². The van der Waals surface area contributed by atoms with Crippen LogP contribution in [0.15, 0.2) is 258 Å². The van der Waals surface area contributed by atoms with Crippen molar-refractivity contribution in [1.82, 2.24) is 4.57 Å². The molecule has 1 aliphatic rings. The van der Waals surface area contributed by atoms with Crippen LogP contribution in [-0.4, -0.2) is 11.3 Å². The molecule has 0 N–H and O–H groups in total. The molecule has 0 spiro atoms. The van der Waals surface area contributed by atoms with Gasteiger partial charge in [-0.3, -0.25) is 4.99 Å². The number of fused-ring (bicyclic) bond motifs is 1. The van der Waals surface area contributed by atoms with Crippen LogP contribution in [0.25, 0.3) is 28.2 Å². The largest absolute Gasteiger partial charge is 0.309 e. The third-order valence-corrected chi connectivity index (χ3v) is 10.7. The van der Waals surface area contributed by atoms with Crippen LogP contribution in [0, 0.1) is 23.7 Å². The highest BCUT2D eigenvalue weighted by atomic mass is 15.1. The molecule has 0 radical (unpaired) electrons. The lowest BCUT2D eigenvalue weighted by molar-refractivity contribution is 0.893. The average molecular weight is 867 g/mol. The Labute approximate surface area is 397 Å². The summed E-state index contributed by atoms with van der Waals surface area (Å²) in [5, 5.41) is 8.20. The minimum absolute atomic E-state index is 0.872. The van der Waals surface area contributed by atoms with Gasteiger partial charge in [-0.05, 0) is 127 Å². The summed E-state index contributed by atoms with van der Waals surface area (Å²) in [5.74, 6) is 12.7. The van der Waals surface area contributed by atoms with E-state index in [-0.39, 0.29) is 0 Å². The Morgan fingerprint density at radius 3 is 1.07 bits per heavy atom. The number of hydrogen-bond donors (Lipinski definition) is 0. The van der Waals surface area contributed by atoms with Gasteiger partial charge in [0.05, 0.1) is 28.5 Å². The number of para-hydroxylation sites is 2. The van der Waals surface area contributed by atoms with E-state index in [4.69, 9.17) is 0 Å². The molecule has 67 heavy (non-hydrogen) atoms. The molecule has 4 nitrogen and oxygen atoms in total.